The van der Waals surface area contributed by atoms with Crippen LogP contribution in [0.1, 0.15) is 11.1 Å². The fourth-order valence-corrected chi connectivity index (χ4v) is 4.98. The zero-order valence-electron chi connectivity index (χ0n) is 19.8. The highest BCUT2D eigenvalue weighted by molar-refractivity contribution is 7.89. The maximum atomic E-state index is 12.8. The molecule has 0 unspecified atom stereocenters. The Bertz CT molecular complexity index is 1130. The molecule has 0 aliphatic carbocycles. The molecule has 0 bridgehead atoms. The van der Waals surface area contributed by atoms with Gasteiger partial charge in [0.2, 0.25) is 10.0 Å². The Kier molecular flexibility index (Phi) is 8.48. The molecular weight excluding hydrogens is 460 g/mol. The van der Waals surface area contributed by atoms with E-state index in [1.54, 1.807) is 36.4 Å². The molecule has 34 heavy (non-hydrogen) atoms. The Morgan fingerprint density at radius 3 is 2.15 bits per heavy atom. The minimum Gasteiger partial charge on any atom is -0.496 e. The van der Waals surface area contributed by atoms with E-state index in [4.69, 9.17) is 14.2 Å². The fourth-order valence-electron chi connectivity index (χ4n) is 3.55. The fraction of sp³-hybridized carbons (Fsp3) is 0.391. The van der Waals surface area contributed by atoms with E-state index in [9.17, 15) is 13.2 Å². The van der Waals surface area contributed by atoms with Crippen molar-refractivity contribution >= 4 is 22.1 Å². The Balaban J connectivity index is 1.53. The van der Waals surface area contributed by atoms with Gasteiger partial charge in [0.25, 0.3) is 5.91 Å². The van der Waals surface area contributed by atoms with Crippen molar-refractivity contribution in [1.82, 2.24) is 14.6 Å². The van der Waals surface area contributed by atoms with E-state index in [1.807, 2.05) is 11.8 Å². The smallest absolute Gasteiger partial charge is 0.254 e. The van der Waals surface area contributed by atoms with Gasteiger partial charge in [0, 0.05) is 37.8 Å². The molecule has 0 saturated carbocycles. The van der Waals surface area contributed by atoms with Crippen LogP contribution in [0.15, 0.2) is 46.4 Å². The summed E-state index contributed by atoms with van der Waals surface area (Å²) in [6.45, 7) is 3.55. The second-order valence-electron chi connectivity index (χ2n) is 7.74. The Hall–Kier alpha value is -3.15. The topological polar surface area (TPSA) is 110 Å². The number of piperazine rings is 1. The van der Waals surface area contributed by atoms with Crippen molar-refractivity contribution in [2.75, 3.05) is 54.1 Å². The first-order valence-corrected chi connectivity index (χ1v) is 12.1. The number of hydrogen-bond acceptors (Lipinski definition) is 8. The summed E-state index contributed by atoms with van der Waals surface area (Å²) >= 11 is 0. The van der Waals surface area contributed by atoms with Crippen LogP contribution in [0.2, 0.25) is 0 Å². The predicted octanol–water partition coefficient (Wildman–Crippen LogP) is 1.48. The number of methoxy groups -OCH3 is 3. The Labute approximate surface area is 200 Å². The summed E-state index contributed by atoms with van der Waals surface area (Å²) in [5.74, 6) is 1.24. The molecule has 2 aromatic rings. The van der Waals surface area contributed by atoms with E-state index < -0.39 is 10.0 Å². The van der Waals surface area contributed by atoms with Crippen molar-refractivity contribution < 1.29 is 27.4 Å². The minimum atomic E-state index is -3.54. The van der Waals surface area contributed by atoms with E-state index in [1.165, 1.54) is 31.8 Å². The molecule has 1 fully saturated rings. The number of sulfonamides is 1. The van der Waals surface area contributed by atoms with Gasteiger partial charge in [-0.2, -0.15) is 9.41 Å². The van der Waals surface area contributed by atoms with Gasteiger partial charge in [0.05, 0.1) is 39.0 Å². The molecular formula is C23H30N4O6S. The lowest BCUT2D eigenvalue weighted by Gasteiger charge is -2.33. The van der Waals surface area contributed by atoms with Gasteiger partial charge >= 0.3 is 0 Å². The summed E-state index contributed by atoms with van der Waals surface area (Å²) in [7, 11) is 1.04. The molecule has 0 radical (unpaired) electrons. The van der Waals surface area contributed by atoms with Crippen molar-refractivity contribution in [3.63, 3.8) is 0 Å². The molecule has 1 saturated heterocycles. The van der Waals surface area contributed by atoms with Crippen LogP contribution < -0.4 is 19.6 Å². The maximum absolute atomic E-state index is 12.8. The van der Waals surface area contributed by atoms with Crippen LogP contribution in [0.3, 0.4) is 0 Å². The van der Waals surface area contributed by atoms with E-state index in [0.29, 0.717) is 49.0 Å². The van der Waals surface area contributed by atoms with Crippen molar-refractivity contribution in [2.45, 2.75) is 11.8 Å². The van der Waals surface area contributed by atoms with Gasteiger partial charge in [-0.3, -0.25) is 9.69 Å². The first-order valence-electron chi connectivity index (χ1n) is 10.7. The monoisotopic (exact) mass is 490 g/mol. The molecule has 0 aromatic heterocycles. The summed E-state index contributed by atoms with van der Waals surface area (Å²) in [4.78, 5) is 14.5. The van der Waals surface area contributed by atoms with E-state index in [0.717, 1.165) is 5.56 Å². The average Bonchev–Trinajstić information content (AvgIpc) is 2.84. The Morgan fingerprint density at radius 2 is 1.56 bits per heavy atom. The molecule has 0 atom stereocenters. The SMILES string of the molecule is COc1cc(OC)c(OC)cc1/C=N/NC(=O)CN1CCN(S(=O)(=O)c2ccc(C)cc2)CC1. The second kappa shape index (κ2) is 11.3. The standard InChI is InChI=1S/C23H30N4O6S/c1-17-5-7-19(8-6-17)34(29,30)27-11-9-26(10-12-27)16-23(28)25-24-15-18-13-21(32-3)22(33-4)14-20(18)31-2/h5-8,13-15H,9-12,16H2,1-4H3,(H,25,28)/b24-15+. The summed E-state index contributed by atoms with van der Waals surface area (Å²) < 4.78 is 43.0. The number of ether oxygens (including phenoxy) is 3. The van der Waals surface area contributed by atoms with E-state index in [2.05, 4.69) is 10.5 Å². The van der Waals surface area contributed by atoms with Gasteiger partial charge in [-0.15, -0.1) is 0 Å². The van der Waals surface area contributed by atoms with Crippen LogP contribution in [0.25, 0.3) is 0 Å². The van der Waals surface area contributed by atoms with Gasteiger partial charge in [-0.05, 0) is 25.1 Å². The van der Waals surface area contributed by atoms with Crippen LogP contribution in [0, 0.1) is 6.92 Å². The van der Waals surface area contributed by atoms with Gasteiger partial charge in [0.15, 0.2) is 11.5 Å². The van der Waals surface area contributed by atoms with Crippen LogP contribution in [-0.2, 0) is 14.8 Å². The third kappa shape index (κ3) is 6.04. The largest absolute Gasteiger partial charge is 0.496 e. The number of rotatable bonds is 9. The molecule has 1 aliphatic rings. The number of nitrogens with one attached hydrogen (secondary N) is 1. The van der Waals surface area contributed by atoms with Gasteiger partial charge in [-0.25, -0.2) is 13.8 Å². The van der Waals surface area contributed by atoms with E-state index in [-0.39, 0.29) is 17.3 Å². The number of nitrogens with zero attached hydrogens (tertiary/aromatic N) is 3. The number of hydrazone groups is 1. The molecule has 1 heterocycles. The van der Waals surface area contributed by atoms with Crippen molar-refractivity contribution in [3.8, 4) is 17.2 Å². The van der Waals surface area contributed by atoms with Crippen LogP contribution in [0.4, 0.5) is 0 Å². The highest BCUT2D eigenvalue weighted by Gasteiger charge is 2.29. The lowest BCUT2D eigenvalue weighted by molar-refractivity contribution is -0.122. The molecule has 1 N–H and O–H groups in total. The van der Waals surface area contributed by atoms with Crippen LogP contribution in [0.5, 0.6) is 17.2 Å². The maximum Gasteiger partial charge on any atom is 0.254 e. The lowest BCUT2D eigenvalue weighted by Crippen LogP contribution is -2.50. The molecule has 0 spiro atoms. The summed E-state index contributed by atoms with van der Waals surface area (Å²) in [5, 5.41) is 4.01. The number of amides is 1. The zero-order chi connectivity index (χ0) is 24.7. The molecule has 1 amide bonds. The second-order valence-corrected chi connectivity index (χ2v) is 9.67. The third-order valence-corrected chi connectivity index (χ3v) is 7.40. The first-order chi connectivity index (χ1) is 16.3. The normalized spacial score (nSPS) is 15.3. The number of benzene rings is 2. The number of hydrogen-bond donors (Lipinski definition) is 1. The van der Waals surface area contributed by atoms with Gasteiger partial charge < -0.3 is 14.2 Å². The summed E-state index contributed by atoms with van der Waals surface area (Å²) in [5.41, 5.74) is 4.11. The predicted molar refractivity (Wildman–Crippen MR) is 128 cm³/mol. The molecule has 10 nitrogen and oxygen atoms in total. The van der Waals surface area contributed by atoms with Gasteiger partial charge in [0.1, 0.15) is 5.75 Å². The van der Waals surface area contributed by atoms with Gasteiger partial charge in [-0.1, -0.05) is 17.7 Å². The summed E-state index contributed by atoms with van der Waals surface area (Å²) in [6.07, 6.45) is 1.46. The highest BCUT2D eigenvalue weighted by Crippen LogP contribution is 2.33. The number of carbonyl (C=O) groups excluding carboxylic acids is 1. The Morgan fingerprint density at radius 1 is 0.971 bits per heavy atom. The zero-order valence-corrected chi connectivity index (χ0v) is 20.6. The summed E-state index contributed by atoms with van der Waals surface area (Å²) in [6, 6.07) is 10.2. The minimum absolute atomic E-state index is 0.110. The van der Waals surface area contributed by atoms with Crippen molar-refractivity contribution in [3.05, 3.63) is 47.5 Å². The molecule has 1 aliphatic heterocycles. The third-order valence-electron chi connectivity index (χ3n) is 5.49. The number of carbonyl (C=O) groups is 1. The molecule has 11 heteroatoms. The van der Waals surface area contributed by atoms with Crippen molar-refractivity contribution in [2.24, 2.45) is 5.10 Å². The number of aryl methyl sites for hydroxylation is 1. The highest BCUT2D eigenvalue weighted by atomic mass is 32.2. The molecule has 3 rings (SSSR count). The first kappa shape index (κ1) is 25.5. The van der Waals surface area contributed by atoms with Crippen molar-refractivity contribution in [1.29, 1.82) is 0 Å². The van der Waals surface area contributed by atoms with Crippen LogP contribution in [-0.4, -0.2) is 83.8 Å². The average molecular weight is 491 g/mol. The van der Waals surface area contributed by atoms with E-state index >= 15 is 0 Å². The molecule has 184 valence electrons. The van der Waals surface area contributed by atoms with Crippen LogP contribution >= 0.6 is 0 Å². The quantitative estimate of drug-likeness (QED) is 0.419. The molecule has 2 aromatic carbocycles. The lowest BCUT2D eigenvalue weighted by atomic mass is 10.2.